The minimum atomic E-state index is -0.798. The molecule has 5 heteroatoms. The molecular weight excluding hydrogens is 247 g/mol. The van der Waals surface area contributed by atoms with E-state index in [0.717, 1.165) is 5.52 Å². The van der Waals surface area contributed by atoms with Crippen LogP contribution in [0.2, 0.25) is 0 Å². The first-order valence-electron chi connectivity index (χ1n) is 6.40. The molecule has 0 bridgehead atoms. The van der Waals surface area contributed by atoms with Gasteiger partial charge in [0.1, 0.15) is 11.3 Å². The van der Waals surface area contributed by atoms with Gasteiger partial charge in [0.25, 0.3) is 0 Å². The highest BCUT2D eigenvalue weighted by Gasteiger charge is 2.47. The standard InChI is InChI=1S/C14H15FN2O2/c1-7(2)17-11-5-3-4-10(15)12(11)16-13(17)8-6-9(8)14(18)19/h3-5,7-9H,6H2,1-2H3,(H,18,19). The van der Waals surface area contributed by atoms with Gasteiger partial charge in [-0.3, -0.25) is 4.79 Å². The Morgan fingerprint density at radius 3 is 2.84 bits per heavy atom. The summed E-state index contributed by atoms with van der Waals surface area (Å²) < 4.78 is 15.7. The summed E-state index contributed by atoms with van der Waals surface area (Å²) in [5.74, 6) is -0.926. The van der Waals surface area contributed by atoms with Gasteiger partial charge < -0.3 is 9.67 Å². The first-order valence-corrected chi connectivity index (χ1v) is 6.40. The molecule has 4 nitrogen and oxygen atoms in total. The lowest BCUT2D eigenvalue weighted by Crippen LogP contribution is -2.08. The number of imidazole rings is 1. The predicted octanol–water partition coefficient (Wildman–Crippen LogP) is 2.94. The predicted molar refractivity (Wildman–Crippen MR) is 68.6 cm³/mol. The smallest absolute Gasteiger partial charge is 0.307 e. The Balaban J connectivity index is 2.17. The molecule has 1 aliphatic rings. The SMILES string of the molecule is CC(C)n1c(C2CC2C(=O)O)nc2c(F)cccc21. The van der Waals surface area contributed by atoms with E-state index in [-0.39, 0.29) is 23.7 Å². The van der Waals surface area contributed by atoms with Crippen LogP contribution >= 0.6 is 0 Å². The maximum absolute atomic E-state index is 13.8. The summed E-state index contributed by atoms with van der Waals surface area (Å²) in [6.07, 6.45) is 0.590. The van der Waals surface area contributed by atoms with Crippen LogP contribution in [0.4, 0.5) is 4.39 Å². The molecule has 1 aliphatic carbocycles. The Morgan fingerprint density at radius 2 is 2.26 bits per heavy atom. The number of halogens is 1. The van der Waals surface area contributed by atoms with E-state index in [0.29, 0.717) is 17.8 Å². The van der Waals surface area contributed by atoms with Crippen LogP contribution in [0.25, 0.3) is 11.0 Å². The normalized spacial score (nSPS) is 22.1. The van der Waals surface area contributed by atoms with Crippen LogP contribution in [0.15, 0.2) is 18.2 Å². The molecule has 0 aliphatic heterocycles. The van der Waals surface area contributed by atoms with Crippen LogP contribution in [0.5, 0.6) is 0 Å². The summed E-state index contributed by atoms with van der Waals surface area (Å²) in [6, 6.07) is 4.99. The molecule has 3 rings (SSSR count). The number of aromatic nitrogens is 2. The zero-order valence-electron chi connectivity index (χ0n) is 10.8. The Bertz CT molecular complexity index is 663. The van der Waals surface area contributed by atoms with Crippen molar-refractivity contribution in [1.82, 2.24) is 9.55 Å². The molecule has 19 heavy (non-hydrogen) atoms. The van der Waals surface area contributed by atoms with Crippen molar-refractivity contribution < 1.29 is 14.3 Å². The van der Waals surface area contributed by atoms with Gasteiger partial charge in [0.15, 0.2) is 5.82 Å². The molecular formula is C14H15FN2O2. The van der Waals surface area contributed by atoms with E-state index >= 15 is 0 Å². The average Bonchev–Trinajstić information content (AvgIpc) is 3.03. The topological polar surface area (TPSA) is 55.1 Å². The molecule has 0 amide bonds. The maximum Gasteiger partial charge on any atom is 0.307 e. The van der Waals surface area contributed by atoms with E-state index in [1.165, 1.54) is 6.07 Å². The van der Waals surface area contributed by atoms with Gasteiger partial charge in [-0.05, 0) is 32.4 Å². The minimum absolute atomic E-state index is 0.0910. The molecule has 1 aromatic carbocycles. The summed E-state index contributed by atoms with van der Waals surface area (Å²) in [5, 5.41) is 9.03. The Labute approximate surface area is 109 Å². The molecule has 0 saturated heterocycles. The quantitative estimate of drug-likeness (QED) is 0.925. The number of carbonyl (C=O) groups is 1. The van der Waals surface area contributed by atoms with Gasteiger partial charge in [-0.25, -0.2) is 9.37 Å². The number of hydrogen-bond acceptors (Lipinski definition) is 2. The van der Waals surface area contributed by atoms with Gasteiger partial charge in [0.2, 0.25) is 0 Å². The van der Waals surface area contributed by atoms with E-state index in [9.17, 15) is 9.18 Å². The third kappa shape index (κ3) is 1.80. The van der Waals surface area contributed by atoms with Gasteiger partial charge in [0, 0.05) is 12.0 Å². The van der Waals surface area contributed by atoms with Gasteiger partial charge in [-0.2, -0.15) is 0 Å². The van der Waals surface area contributed by atoms with Gasteiger partial charge >= 0.3 is 5.97 Å². The van der Waals surface area contributed by atoms with Crippen molar-refractivity contribution in [1.29, 1.82) is 0 Å². The Morgan fingerprint density at radius 1 is 1.53 bits per heavy atom. The zero-order chi connectivity index (χ0) is 13.7. The fourth-order valence-corrected chi connectivity index (χ4v) is 2.66. The first kappa shape index (κ1) is 12.1. The van der Waals surface area contributed by atoms with Crippen molar-refractivity contribution in [3.05, 3.63) is 29.8 Å². The number of fused-ring (bicyclic) bond motifs is 1. The molecule has 1 saturated carbocycles. The highest BCUT2D eigenvalue weighted by molar-refractivity contribution is 5.79. The number of benzene rings is 1. The summed E-state index contributed by atoms with van der Waals surface area (Å²) in [7, 11) is 0. The molecule has 1 heterocycles. The average molecular weight is 262 g/mol. The molecule has 2 aromatic rings. The fraction of sp³-hybridized carbons (Fsp3) is 0.429. The second-order valence-electron chi connectivity index (χ2n) is 5.33. The summed E-state index contributed by atoms with van der Waals surface area (Å²) in [4.78, 5) is 15.4. The monoisotopic (exact) mass is 262 g/mol. The van der Waals surface area contributed by atoms with E-state index in [4.69, 9.17) is 5.11 Å². The van der Waals surface area contributed by atoms with Crippen molar-refractivity contribution in [2.24, 2.45) is 5.92 Å². The first-order chi connectivity index (χ1) is 9.00. The summed E-state index contributed by atoms with van der Waals surface area (Å²) in [6.45, 7) is 3.99. The van der Waals surface area contributed by atoms with Crippen LogP contribution < -0.4 is 0 Å². The molecule has 2 atom stereocenters. The Hall–Kier alpha value is -1.91. The summed E-state index contributed by atoms with van der Waals surface area (Å²) in [5.41, 5.74) is 1.07. The molecule has 1 aromatic heterocycles. The lowest BCUT2D eigenvalue weighted by molar-refractivity contribution is -0.138. The van der Waals surface area contributed by atoms with Crippen molar-refractivity contribution in [2.45, 2.75) is 32.2 Å². The van der Waals surface area contributed by atoms with E-state index in [2.05, 4.69) is 4.98 Å². The van der Waals surface area contributed by atoms with Crippen molar-refractivity contribution in [3.8, 4) is 0 Å². The lowest BCUT2D eigenvalue weighted by Gasteiger charge is -2.12. The molecule has 1 N–H and O–H groups in total. The lowest BCUT2D eigenvalue weighted by atomic mass is 10.2. The van der Waals surface area contributed by atoms with Crippen LogP contribution in [0, 0.1) is 11.7 Å². The van der Waals surface area contributed by atoms with Crippen molar-refractivity contribution >= 4 is 17.0 Å². The van der Waals surface area contributed by atoms with Crippen LogP contribution in [-0.2, 0) is 4.79 Å². The number of carboxylic acids is 1. The molecule has 0 spiro atoms. The second-order valence-corrected chi connectivity index (χ2v) is 5.33. The maximum atomic E-state index is 13.8. The number of rotatable bonds is 3. The number of aliphatic carboxylic acids is 1. The number of hydrogen-bond donors (Lipinski definition) is 1. The molecule has 1 fully saturated rings. The highest BCUT2D eigenvalue weighted by atomic mass is 19.1. The third-order valence-corrected chi connectivity index (χ3v) is 3.65. The minimum Gasteiger partial charge on any atom is -0.481 e. The van der Waals surface area contributed by atoms with Crippen molar-refractivity contribution in [3.63, 3.8) is 0 Å². The molecule has 2 unspecified atom stereocenters. The van der Waals surface area contributed by atoms with E-state index in [1.807, 2.05) is 24.5 Å². The van der Waals surface area contributed by atoms with Crippen LogP contribution in [0.3, 0.4) is 0 Å². The van der Waals surface area contributed by atoms with E-state index < -0.39 is 5.97 Å². The number of nitrogens with zero attached hydrogens (tertiary/aromatic N) is 2. The van der Waals surface area contributed by atoms with Gasteiger partial charge in [-0.15, -0.1) is 0 Å². The van der Waals surface area contributed by atoms with E-state index in [1.54, 1.807) is 6.07 Å². The van der Waals surface area contributed by atoms with Crippen molar-refractivity contribution in [2.75, 3.05) is 0 Å². The largest absolute Gasteiger partial charge is 0.481 e. The second kappa shape index (κ2) is 4.05. The van der Waals surface area contributed by atoms with Gasteiger partial charge in [0.05, 0.1) is 11.4 Å². The number of carboxylic acid groups (broad SMARTS) is 1. The van der Waals surface area contributed by atoms with Crippen LogP contribution in [-0.4, -0.2) is 20.6 Å². The Kier molecular flexibility index (Phi) is 2.59. The van der Waals surface area contributed by atoms with Gasteiger partial charge in [-0.1, -0.05) is 6.07 Å². The molecule has 100 valence electrons. The number of para-hydroxylation sites is 1. The van der Waals surface area contributed by atoms with Crippen LogP contribution in [0.1, 0.15) is 38.1 Å². The molecule has 0 radical (unpaired) electrons. The zero-order valence-corrected chi connectivity index (χ0v) is 10.8. The third-order valence-electron chi connectivity index (χ3n) is 3.65. The summed E-state index contributed by atoms with van der Waals surface area (Å²) >= 11 is 0. The fourth-order valence-electron chi connectivity index (χ4n) is 2.66. The highest BCUT2D eigenvalue weighted by Crippen LogP contribution is 2.48.